The molecule has 0 atom stereocenters. The Morgan fingerprint density at radius 3 is 2.48 bits per heavy atom. The molecule has 2 aromatic carbocycles. The van der Waals surface area contributed by atoms with Crippen molar-refractivity contribution < 1.29 is 4.57 Å². The van der Waals surface area contributed by atoms with E-state index in [2.05, 4.69) is 27.4 Å². The number of aryl methyl sites for hydroxylation is 1. The van der Waals surface area contributed by atoms with Crippen LogP contribution in [0.2, 0.25) is 0 Å². The number of aromatic nitrogens is 2. The van der Waals surface area contributed by atoms with Gasteiger partial charge in [0.2, 0.25) is 0 Å². The second kappa shape index (κ2) is 5.45. The van der Waals surface area contributed by atoms with Crippen LogP contribution in [0.1, 0.15) is 12.7 Å². The van der Waals surface area contributed by atoms with Crippen LogP contribution in [-0.4, -0.2) is 4.57 Å². The third-order valence-electron chi connectivity index (χ3n) is 3.75. The van der Waals surface area contributed by atoms with Crippen molar-refractivity contribution in [3.05, 3.63) is 69.2 Å². The second-order valence-electron chi connectivity index (χ2n) is 4.90. The van der Waals surface area contributed by atoms with Gasteiger partial charge in [-0.2, -0.15) is 4.57 Å². The first kappa shape index (κ1) is 14.0. The Morgan fingerprint density at radius 1 is 1.10 bits per heavy atom. The van der Waals surface area contributed by atoms with Crippen molar-refractivity contribution in [1.29, 1.82) is 0 Å². The third-order valence-corrected chi connectivity index (χ3v) is 4.42. The van der Waals surface area contributed by atoms with Crippen molar-refractivity contribution in [3.8, 4) is 5.69 Å². The molecule has 0 N–H and O–H groups in total. The van der Waals surface area contributed by atoms with Crippen LogP contribution in [0, 0.1) is 6.92 Å². The maximum absolute atomic E-state index is 12.9. The van der Waals surface area contributed by atoms with Crippen LogP contribution >= 0.6 is 15.9 Å². The lowest BCUT2D eigenvalue weighted by atomic mass is 10.2. The average Bonchev–Trinajstić information content (AvgIpc) is 2.50. The molecule has 0 amide bonds. The van der Waals surface area contributed by atoms with Gasteiger partial charge in [-0.15, -0.1) is 0 Å². The molecule has 0 radical (unpaired) electrons. The van der Waals surface area contributed by atoms with E-state index in [0.717, 1.165) is 33.4 Å². The molecule has 0 fully saturated rings. The van der Waals surface area contributed by atoms with Crippen LogP contribution in [0.5, 0.6) is 0 Å². The molecule has 21 heavy (non-hydrogen) atoms. The van der Waals surface area contributed by atoms with E-state index in [4.69, 9.17) is 0 Å². The van der Waals surface area contributed by atoms with Crippen molar-refractivity contribution in [2.75, 3.05) is 0 Å². The second-order valence-corrected chi connectivity index (χ2v) is 5.75. The molecule has 4 heteroatoms. The summed E-state index contributed by atoms with van der Waals surface area (Å²) in [4.78, 5) is 12.9. The summed E-state index contributed by atoms with van der Waals surface area (Å²) in [6, 6.07) is 15.5. The van der Waals surface area contributed by atoms with E-state index < -0.39 is 0 Å². The quantitative estimate of drug-likeness (QED) is 0.655. The molecule has 0 aliphatic carbocycles. The number of rotatable bonds is 2. The molecular weight excluding hydrogens is 328 g/mol. The number of hydrogen-bond donors (Lipinski definition) is 0. The van der Waals surface area contributed by atoms with Gasteiger partial charge in [0.1, 0.15) is 16.6 Å². The number of para-hydroxylation sites is 2. The van der Waals surface area contributed by atoms with Crippen molar-refractivity contribution in [2.24, 2.45) is 0 Å². The zero-order valence-electron chi connectivity index (χ0n) is 12.0. The minimum Gasteiger partial charge on any atom is -0.240 e. The van der Waals surface area contributed by atoms with Crippen LogP contribution in [-0.2, 0) is 6.54 Å². The lowest BCUT2D eigenvalue weighted by Crippen LogP contribution is -2.44. The van der Waals surface area contributed by atoms with E-state index >= 15 is 0 Å². The number of fused-ring (bicyclic) bond motifs is 1. The molecular formula is C17H16BrN2O+. The summed E-state index contributed by atoms with van der Waals surface area (Å²) in [7, 11) is 0. The molecule has 0 aliphatic heterocycles. The molecule has 3 nitrogen and oxygen atoms in total. The van der Waals surface area contributed by atoms with E-state index in [1.807, 2.05) is 55.5 Å². The van der Waals surface area contributed by atoms with Gasteiger partial charge in [0, 0.05) is 6.92 Å². The van der Waals surface area contributed by atoms with Gasteiger partial charge >= 0.3 is 5.56 Å². The molecule has 0 saturated heterocycles. The monoisotopic (exact) mass is 343 g/mol. The molecule has 1 aromatic heterocycles. The maximum atomic E-state index is 12.9. The molecule has 0 aliphatic rings. The summed E-state index contributed by atoms with van der Waals surface area (Å²) in [6.45, 7) is 4.89. The highest BCUT2D eigenvalue weighted by Gasteiger charge is 2.22. The highest BCUT2D eigenvalue weighted by atomic mass is 79.9. The van der Waals surface area contributed by atoms with Gasteiger partial charge in [0.05, 0.1) is 11.0 Å². The van der Waals surface area contributed by atoms with Gasteiger partial charge in [0.25, 0.3) is 5.82 Å². The first-order chi connectivity index (χ1) is 10.1. The SMILES string of the molecule is CC[n+]1c(C)n(-c2ccccc2Br)c(=O)c2ccccc21. The summed E-state index contributed by atoms with van der Waals surface area (Å²) in [6.07, 6.45) is 0. The number of nitrogens with zero attached hydrogens (tertiary/aromatic N) is 2. The highest BCUT2D eigenvalue weighted by Crippen LogP contribution is 2.20. The van der Waals surface area contributed by atoms with Crippen LogP contribution in [0.4, 0.5) is 0 Å². The predicted octanol–water partition coefficient (Wildman–Crippen LogP) is 3.37. The predicted molar refractivity (Wildman–Crippen MR) is 87.9 cm³/mol. The van der Waals surface area contributed by atoms with Gasteiger partial charge < -0.3 is 0 Å². The van der Waals surface area contributed by atoms with Gasteiger partial charge in [-0.1, -0.05) is 24.3 Å². The minimum absolute atomic E-state index is 0.0136. The summed E-state index contributed by atoms with van der Waals surface area (Å²) in [5.74, 6) is 0.924. The molecule has 106 valence electrons. The van der Waals surface area contributed by atoms with Gasteiger partial charge in [-0.3, -0.25) is 0 Å². The molecule has 0 bridgehead atoms. The maximum Gasteiger partial charge on any atom is 0.350 e. The lowest BCUT2D eigenvalue weighted by molar-refractivity contribution is -0.678. The Hall–Kier alpha value is -1.94. The molecule has 1 heterocycles. The van der Waals surface area contributed by atoms with Crippen molar-refractivity contribution in [2.45, 2.75) is 20.4 Å². The van der Waals surface area contributed by atoms with Gasteiger partial charge in [-0.25, -0.2) is 9.36 Å². The topological polar surface area (TPSA) is 25.9 Å². The largest absolute Gasteiger partial charge is 0.350 e. The Kier molecular flexibility index (Phi) is 3.64. The summed E-state index contributed by atoms with van der Waals surface area (Å²) in [5.41, 5.74) is 1.86. The normalized spacial score (nSPS) is 11.0. The van der Waals surface area contributed by atoms with Gasteiger partial charge in [0.15, 0.2) is 0 Å². The Morgan fingerprint density at radius 2 is 1.76 bits per heavy atom. The zero-order chi connectivity index (χ0) is 15.0. The van der Waals surface area contributed by atoms with Gasteiger partial charge in [-0.05, 0) is 47.1 Å². The van der Waals surface area contributed by atoms with Crippen LogP contribution in [0.25, 0.3) is 16.6 Å². The molecule has 0 spiro atoms. The Balaban J connectivity index is 2.50. The first-order valence-corrected chi connectivity index (χ1v) is 7.73. The van der Waals surface area contributed by atoms with E-state index in [1.165, 1.54) is 0 Å². The van der Waals surface area contributed by atoms with Crippen LogP contribution in [0.15, 0.2) is 57.8 Å². The molecule has 0 saturated carbocycles. The highest BCUT2D eigenvalue weighted by molar-refractivity contribution is 9.10. The minimum atomic E-state index is 0.0136. The van der Waals surface area contributed by atoms with Crippen LogP contribution < -0.4 is 10.1 Å². The summed E-state index contributed by atoms with van der Waals surface area (Å²) >= 11 is 3.54. The number of benzene rings is 2. The Labute approximate surface area is 131 Å². The van der Waals surface area contributed by atoms with Crippen molar-refractivity contribution in [3.63, 3.8) is 0 Å². The van der Waals surface area contributed by atoms with Crippen molar-refractivity contribution in [1.82, 2.24) is 4.57 Å². The lowest BCUT2D eigenvalue weighted by Gasteiger charge is -2.11. The standard InChI is InChI=1S/C17H16BrN2O/c1-3-19-12(2)20(16-11-7-5-9-14(16)18)17(21)13-8-4-6-10-15(13)19/h4-11H,3H2,1-2H3/q+1. The number of halogens is 1. The van der Waals surface area contributed by atoms with Crippen LogP contribution in [0.3, 0.4) is 0 Å². The fourth-order valence-corrected chi connectivity index (χ4v) is 3.23. The first-order valence-electron chi connectivity index (χ1n) is 6.94. The molecule has 3 aromatic rings. The number of hydrogen-bond acceptors (Lipinski definition) is 1. The van der Waals surface area contributed by atoms with E-state index in [-0.39, 0.29) is 5.56 Å². The van der Waals surface area contributed by atoms with Crippen molar-refractivity contribution >= 4 is 26.8 Å². The fraction of sp³-hybridized carbons (Fsp3) is 0.176. The smallest absolute Gasteiger partial charge is 0.240 e. The fourth-order valence-electron chi connectivity index (χ4n) is 2.77. The van der Waals surface area contributed by atoms with E-state index in [9.17, 15) is 4.79 Å². The average molecular weight is 344 g/mol. The van der Waals surface area contributed by atoms with E-state index in [0.29, 0.717) is 0 Å². The zero-order valence-corrected chi connectivity index (χ0v) is 13.6. The molecule has 0 unspecified atom stereocenters. The molecule has 3 rings (SSSR count). The Bertz CT molecular complexity index is 884. The summed E-state index contributed by atoms with van der Waals surface area (Å²) in [5, 5.41) is 0.737. The summed E-state index contributed by atoms with van der Waals surface area (Å²) < 4.78 is 4.85. The van der Waals surface area contributed by atoms with E-state index in [1.54, 1.807) is 4.57 Å². The third kappa shape index (κ3) is 2.20.